The number of carbonyl (C=O) groups is 1. The molecule has 1 aliphatic heterocycles. The summed E-state index contributed by atoms with van der Waals surface area (Å²) in [5.41, 5.74) is 0. The molecule has 3 aromatic rings. The summed E-state index contributed by atoms with van der Waals surface area (Å²) < 4.78 is 28.7. The minimum Gasteiger partial charge on any atom is -0.339 e. The third-order valence-electron chi connectivity index (χ3n) is 4.95. The van der Waals surface area contributed by atoms with Gasteiger partial charge in [0.15, 0.2) is 0 Å². The topological polar surface area (TPSA) is 101 Å². The first kappa shape index (κ1) is 21.9. The smallest absolute Gasteiger partial charge is 0.243 e. The SMILES string of the molecule is CC(Sc1nnnn1Cc1cccs1)C(=O)N1CCN(S(=O)(=O)c2ccccc2)CC1. The van der Waals surface area contributed by atoms with E-state index in [-0.39, 0.29) is 29.1 Å². The molecule has 1 amide bonds. The third kappa shape index (κ3) is 4.97. The molecular formula is C19H22N6O3S3. The van der Waals surface area contributed by atoms with Gasteiger partial charge in [-0.25, -0.2) is 13.1 Å². The zero-order valence-corrected chi connectivity index (χ0v) is 19.3. The molecule has 1 fully saturated rings. The molecule has 0 saturated carbocycles. The normalized spacial score (nSPS) is 16.4. The third-order valence-corrected chi connectivity index (χ3v) is 8.78. The Hall–Kier alpha value is -2.28. The second-order valence-electron chi connectivity index (χ2n) is 7.00. The summed E-state index contributed by atoms with van der Waals surface area (Å²) in [6, 6.07) is 12.4. The van der Waals surface area contributed by atoms with Gasteiger partial charge in [0, 0.05) is 31.1 Å². The number of hydrogen-bond donors (Lipinski definition) is 0. The molecule has 4 rings (SSSR count). The van der Waals surface area contributed by atoms with Gasteiger partial charge in [-0.2, -0.15) is 4.31 Å². The van der Waals surface area contributed by atoms with Crippen molar-refractivity contribution in [2.75, 3.05) is 26.2 Å². The maximum absolute atomic E-state index is 12.9. The number of piperazine rings is 1. The predicted octanol–water partition coefficient (Wildman–Crippen LogP) is 1.80. The maximum atomic E-state index is 12.9. The Kier molecular flexibility index (Phi) is 6.70. The molecule has 1 aromatic carbocycles. The highest BCUT2D eigenvalue weighted by atomic mass is 32.2. The van der Waals surface area contributed by atoms with Crippen molar-refractivity contribution < 1.29 is 13.2 Å². The van der Waals surface area contributed by atoms with Gasteiger partial charge in [-0.15, -0.1) is 16.4 Å². The molecule has 1 unspecified atom stereocenters. The van der Waals surface area contributed by atoms with Gasteiger partial charge < -0.3 is 4.90 Å². The van der Waals surface area contributed by atoms with E-state index in [0.717, 1.165) is 4.88 Å². The average Bonchev–Trinajstić information content (AvgIpc) is 3.46. The Balaban J connectivity index is 1.34. The van der Waals surface area contributed by atoms with Crippen LogP contribution in [0.3, 0.4) is 0 Å². The van der Waals surface area contributed by atoms with E-state index < -0.39 is 10.0 Å². The van der Waals surface area contributed by atoms with E-state index in [1.807, 2.05) is 24.4 Å². The summed E-state index contributed by atoms with van der Waals surface area (Å²) >= 11 is 2.94. The number of tetrazole rings is 1. The number of carbonyl (C=O) groups excluding carboxylic acids is 1. The van der Waals surface area contributed by atoms with E-state index in [4.69, 9.17) is 0 Å². The van der Waals surface area contributed by atoms with Gasteiger partial charge in [-0.05, 0) is 40.9 Å². The van der Waals surface area contributed by atoms with Gasteiger partial charge in [-0.3, -0.25) is 4.79 Å². The lowest BCUT2D eigenvalue weighted by Crippen LogP contribution is -2.52. The molecular weight excluding hydrogens is 456 g/mol. The fourth-order valence-electron chi connectivity index (χ4n) is 3.29. The highest BCUT2D eigenvalue weighted by Crippen LogP contribution is 2.24. The van der Waals surface area contributed by atoms with Crippen LogP contribution in [0.5, 0.6) is 0 Å². The monoisotopic (exact) mass is 478 g/mol. The molecule has 3 heterocycles. The van der Waals surface area contributed by atoms with E-state index in [1.54, 1.807) is 51.3 Å². The van der Waals surface area contributed by atoms with Crippen LogP contribution in [-0.4, -0.2) is 75.2 Å². The quantitative estimate of drug-likeness (QED) is 0.477. The molecule has 0 aliphatic carbocycles. The van der Waals surface area contributed by atoms with E-state index in [9.17, 15) is 13.2 Å². The maximum Gasteiger partial charge on any atom is 0.243 e. The number of hydrogen-bond acceptors (Lipinski definition) is 8. The van der Waals surface area contributed by atoms with Gasteiger partial charge in [0.2, 0.25) is 21.1 Å². The molecule has 31 heavy (non-hydrogen) atoms. The van der Waals surface area contributed by atoms with E-state index >= 15 is 0 Å². The number of nitrogens with zero attached hydrogens (tertiary/aromatic N) is 6. The molecule has 1 saturated heterocycles. The van der Waals surface area contributed by atoms with Crippen LogP contribution in [0.25, 0.3) is 0 Å². The van der Waals surface area contributed by atoms with E-state index in [2.05, 4.69) is 15.5 Å². The van der Waals surface area contributed by atoms with E-state index in [0.29, 0.717) is 24.8 Å². The van der Waals surface area contributed by atoms with Gasteiger partial charge >= 0.3 is 0 Å². The molecule has 164 valence electrons. The van der Waals surface area contributed by atoms with Crippen molar-refractivity contribution in [3.05, 3.63) is 52.7 Å². The van der Waals surface area contributed by atoms with Crippen LogP contribution in [0.15, 0.2) is 57.9 Å². The number of sulfonamides is 1. The Labute approximate surface area is 189 Å². The first-order chi connectivity index (χ1) is 14.9. The molecule has 12 heteroatoms. The summed E-state index contributed by atoms with van der Waals surface area (Å²) in [7, 11) is -3.54. The number of rotatable bonds is 7. The van der Waals surface area contributed by atoms with Gasteiger partial charge in [0.1, 0.15) is 0 Å². The fourth-order valence-corrected chi connectivity index (χ4v) is 6.29. The van der Waals surface area contributed by atoms with Crippen molar-refractivity contribution in [1.82, 2.24) is 29.4 Å². The van der Waals surface area contributed by atoms with Crippen LogP contribution < -0.4 is 0 Å². The van der Waals surface area contributed by atoms with Crippen molar-refractivity contribution in [3.8, 4) is 0 Å². The molecule has 0 spiro atoms. The molecule has 0 N–H and O–H groups in total. The average molecular weight is 479 g/mol. The number of thioether (sulfide) groups is 1. The zero-order chi connectivity index (χ0) is 21.8. The second-order valence-corrected chi connectivity index (χ2v) is 11.3. The van der Waals surface area contributed by atoms with Crippen LogP contribution in [0.4, 0.5) is 0 Å². The van der Waals surface area contributed by atoms with Crippen molar-refractivity contribution in [2.45, 2.75) is 28.8 Å². The minimum atomic E-state index is -3.54. The first-order valence-electron chi connectivity index (χ1n) is 9.74. The number of aromatic nitrogens is 4. The van der Waals surface area contributed by atoms with Crippen LogP contribution in [0.2, 0.25) is 0 Å². The molecule has 1 aliphatic rings. The Morgan fingerprint density at radius 1 is 1.13 bits per heavy atom. The summed E-state index contributed by atoms with van der Waals surface area (Å²) in [5.74, 6) is -0.0487. The van der Waals surface area contributed by atoms with Crippen LogP contribution in [0.1, 0.15) is 11.8 Å². The van der Waals surface area contributed by atoms with Crippen molar-refractivity contribution in [3.63, 3.8) is 0 Å². The van der Waals surface area contributed by atoms with Crippen molar-refractivity contribution in [2.24, 2.45) is 0 Å². The summed E-state index contributed by atoms with van der Waals surface area (Å²) in [4.78, 5) is 16.1. The highest BCUT2D eigenvalue weighted by molar-refractivity contribution is 8.00. The van der Waals surface area contributed by atoms with Crippen molar-refractivity contribution >= 4 is 39.0 Å². The Morgan fingerprint density at radius 2 is 1.87 bits per heavy atom. The zero-order valence-electron chi connectivity index (χ0n) is 16.9. The minimum absolute atomic E-state index is 0.0487. The summed E-state index contributed by atoms with van der Waals surface area (Å²) in [6.45, 7) is 3.65. The second kappa shape index (κ2) is 9.47. The first-order valence-corrected chi connectivity index (χ1v) is 12.9. The molecule has 1 atom stereocenters. The van der Waals surface area contributed by atoms with Gasteiger partial charge in [0.25, 0.3) is 0 Å². The van der Waals surface area contributed by atoms with Crippen LogP contribution in [-0.2, 0) is 21.4 Å². The number of benzene rings is 1. The molecule has 2 aromatic heterocycles. The lowest BCUT2D eigenvalue weighted by atomic mass is 10.3. The molecule has 0 bridgehead atoms. The lowest BCUT2D eigenvalue weighted by Gasteiger charge is -2.35. The highest BCUT2D eigenvalue weighted by Gasteiger charge is 2.32. The summed E-state index contributed by atoms with van der Waals surface area (Å²) in [5, 5.41) is 14.0. The fraction of sp³-hybridized carbons (Fsp3) is 0.368. The standard InChI is InChI=1S/C19H22N6O3S3/c1-15(30-19-20-21-22-25(19)14-16-6-5-13-29-16)18(26)23-9-11-24(12-10-23)31(27,28)17-7-3-2-4-8-17/h2-8,13,15H,9-12,14H2,1H3. The summed E-state index contributed by atoms with van der Waals surface area (Å²) in [6.07, 6.45) is 0. The number of amides is 1. The van der Waals surface area contributed by atoms with Crippen LogP contribution in [0, 0.1) is 0 Å². The molecule has 0 radical (unpaired) electrons. The largest absolute Gasteiger partial charge is 0.339 e. The van der Waals surface area contributed by atoms with Crippen molar-refractivity contribution in [1.29, 1.82) is 0 Å². The predicted molar refractivity (Wildman–Crippen MR) is 118 cm³/mol. The Morgan fingerprint density at radius 3 is 2.55 bits per heavy atom. The molecule has 9 nitrogen and oxygen atoms in total. The lowest BCUT2D eigenvalue weighted by molar-refractivity contribution is -0.131. The Bertz CT molecular complexity index is 1110. The van der Waals surface area contributed by atoms with E-state index in [1.165, 1.54) is 16.1 Å². The van der Waals surface area contributed by atoms with Gasteiger partial charge in [-0.1, -0.05) is 36.0 Å². The van der Waals surface area contributed by atoms with Gasteiger partial charge in [0.05, 0.1) is 16.7 Å². The number of thiophene rings is 1. The van der Waals surface area contributed by atoms with Crippen LogP contribution >= 0.6 is 23.1 Å².